The zero-order valence-electron chi connectivity index (χ0n) is 13.7. The molecule has 4 saturated carbocycles. The number of esters is 1. The van der Waals surface area contributed by atoms with Crippen LogP contribution in [0.1, 0.15) is 38.5 Å². The van der Waals surface area contributed by atoms with Crippen molar-refractivity contribution in [2.75, 3.05) is 37.7 Å². The van der Waals surface area contributed by atoms with Crippen LogP contribution in [0, 0.1) is 23.2 Å². The summed E-state index contributed by atoms with van der Waals surface area (Å²) < 4.78 is 28.5. The summed E-state index contributed by atoms with van der Waals surface area (Å²) >= 11 is 0. The second-order valence-electron chi connectivity index (χ2n) is 8.33. The van der Waals surface area contributed by atoms with Gasteiger partial charge in [-0.15, -0.1) is 0 Å². The van der Waals surface area contributed by atoms with E-state index in [4.69, 9.17) is 4.74 Å². The molecule has 0 spiro atoms. The van der Waals surface area contributed by atoms with E-state index in [2.05, 4.69) is 4.90 Å². The van der Waals surface area contributed by atoms with Crippen molar-refractivity contribution in [3.63, 3.8) is 0 Å². The van der Waals surface area contributed by atoms with Crippen molar-refractivity contribution in [2.45, 2.75) is 38.5 Å². The van der Waals surface area contributed by atoms with Crippen LogP contribution >= 0.6 is 0 Å². The fourth-order valence-electron chi connectivity index (χ4n) is 5.76. The maximum Gasteiger partial charge on any atom is 0.312 e. The van der Waals surface area contributed by atoms with Crippen LogP contribution in [0.4, 0.5) is 0 Å². The summed E-state index contributed by atoms with van der Waals surface area (Å²) in [6.07, 6.45) is 7.11. The minimum atomic E-state index is -2.84. The zero-order valence-corrected chi connectivity index (χ0v) is 14.5. The fraction of sp³-hybridized carbons (Fsp3) is 0.941. The highest BCUT2D eigenvalue weighted by Gasteiger charge is 2.55. The Labute approximate surface area is 138 Å². The largest absolute Gasteiger partial charge is 0.464 e. The van der Waals surface area contributed by atoms with Crippen molar-refractivity contribution in [3.8, 4) is 0 Å². The van der Waals surface area contributed by atoms with E-state index in [-0.39, 0.29) is 22.9 Å². The Bertz CT molecular complexity index is 536. The van der Waals surface area contributed by atoms with Crippen molar-refractivity contribution in [1.29, 1.82) is 0 Å². The van der Waals surface area contributed by atoms with Gasteiger partial charge in [-0.05, 0) is 56.3 Å². The lowest BCUT2D eigenvalue weighted by molar-refractivity contribution is -0.171. The molecule has 1 saturated heterocycles. The van der Waals surface area contributed by atoms with Gasteiger partial charge in [-0.3, -0.25) is 9.69 Å². The van der Waals surface area contributed by atoms with E-state index in [1.165, 1.54) is 19.3 Å². The molecule has 23 heavy (non-hydrogen) atoms. The van der Waals surface area contributed by atoms with Crippen molar-refractivity contribution in [2.24, 2.45) is 23.2 Å². The Hall–Kier alpha value is -0.620. The lowest BCUT2D eigenvalue weighted by Gasteiger charge is -2.55. The predicted octanol–water partition coefficient (Wildman–Crippen LogP) is 1.48. The molecule has 0 unspecified atom stereocenters. The van der Waals surface area contributed by atoms with Crippen LogP contribution in [-0.4, -0.2) is 57.0 Å². The van der Waals surface area contributed by atoms with Crippen LogP contribution in [0.15, 0.2) is 0 Å². The first-order valence-electron chi connectivity index (χ1n) is 9.04. The Morgan fingerprint density at radius 3 is 2.04 bits per heavy atom. The molecule has 0 aromatic heterocycles. The van der Waals surface area contributed by atoms with Crippen molar-refractivity contribution >= 4 is 15.8 Å². The van der Waals surface area contributed by atoms with Gasteiger partial charge >= 0.3 is 5.97 Å². The molecule has 0 aromatic carbocycles. The Balaban J connectivity index is 1.28. The average molecular weight is 341 g/mol. The topological polar surface area (TPSA) is 63.7 Å². The molecular weight excluding hydrogens is 314 g/mol. The highest BCUT2D eigenvalue weighted by molar-refractivity contribution is 7.91. The van der Waals surface area contributed by atoms with Crippen molar-refractivity contribution < 1.29 is 17.9 Å². The first kappa shape index (κ1) is 15.9. The minimum Gasteiger partial charge on any atom is -0.464 e. The first-order chi connectivity index (χ1) is 10.9. The van der Waals surface area contributed by atoms with E-state index in [9.17, 15) is 13.2 Å². The molecular formula is C17H27NO4S. The molecule has 1 heterocycles. The molecule has 5 rings (SSSR count). The second-order valence-corrected chi connectivity index (χ2v) is 10.6. The number of ether oxygens (including phenoxy) is 1. The molecule has 0 amide bonds. The number of nitrogens with zero attached hydrogens (tertiary/aromatic N) is 1. The molecule has 6 heteroatoms. The number of rotatable bonds is 4. The van der Waals surface area contributed by atoms with Crippen LogP contribution in [0.25, 0.3) is 0 Å². The smallest absolute Gasteiger partial charge is 0.312 e. The lowest BCUT2D eigenvalue weighted by atomic mass is 9.49. The number of sulfone groups is 1. The molecule has 0 radical (unpaired) electrons. The summed E-state index contributed by atoms with van der Waals surface area (Å²) in [7, 11) is -2.84. The Morgan fingerprint density at radius 1 is 1.00 bits per heavy atom. The summed E-state index contributed by atoms with van der Waals surface area (Å²) in [5.41, 5.74) is -0.181. The number of hydrogen-bond acceptors (Lipinski definition) is 5. The summed E-state index contributed by atoms with van der Waals surface area (Å²) in [5, 5.41) is 0. The van der Waals surface area contributed by atoms with E-state index in [1.807, 2.05) is 0 Å². The lowest BCUT2D eigenvalue weighted by Crippen LogP contribution is -2.51. The third-order valence-corrected chi connectivity index (χ3v) is 8.16. The van der Waals surface area contributed by atoms with Crippen molar-refractivity contribution in [3.05, 3.63) is 0 Å². The molecule has 5 aliphatic rings. The van der Waals surface area contributed by atoms with Crippen LogP contribution < -0.4 is 0 Å². The molecule has 4 bridgehead atoms. The van der Waals surface area contributed by atoms with Gasteiger partial charge < -0.3 is 4.74 Å². The van der Waals surface area contributed by atoms with Crippen LogP contribution in [-0.2, 0) is 19.4 Å². The molecule has 0 atom stereocenters. The van der Waals surface area contributed by atoms with E-state index in [0.717, 1.165) is 37.0 Å². The van der Waals surface area contributed by atoms with Gasteiger partial charge in [0.2, 0.25) is 0 Å². The molecule has 0 N–H and O–H groups in total. The highest BCUT2D eigenvalue weighted by atomic mass is 32.2. The van der Waals surface area contributed by atoms with Crippen LogP contribution in [0.2, 0.25) is 0 Å². The van der Waals surface area contributed by atoms with Gasteiger partial charge in [-0.1, -0.05) is 0 Å². The van der Waals surface area contributed by atoms with E-state index in [0.29, 0.717) is 26.2 Å². The molecule has 5 nitrogen and oxygen atoms in total. The Morgan fingerprint density at radius 2 is 1.52 bits per heavy atom. The molecule has 5 fully saturated rings. The minimum absolute atomic E-state index is 0.0289. The van der Waals surface area contributed by atoms with Gasteiger partial charge in [-0.25, -0.2) is 8.42 Å². The van der Waals surface area contributed by atoms with E-state index < -0.39 is 9.84 Å². The molecule has 1 aliphatic heterocycles. The first-order valence-corrected chi connectivity index (χ1v) is 10.9. The molecule has 4 aliphatic carbocycles. The fourth-order valence-corrected chi connectivity index (χ4v) is 7.03. The summed E-state index contributed by atoms with van der Waals surface area (Å²) in [6.45, 7) is 2.20. The van der Waals surface area contributed by atoms with Gasteiger partial charge in [0.15, 0.2) is 9.84 Å². The zero-order chi connectivity index (χ0) is 16.1. The predicted molar refractivity (Wildman–Crippen MR) is 86.7 cm³/mol. The second kappa shape index (κ2) is 5.73. The van der Waals surface area contributed by atoms with Gasteiger partial charge in [0.05, 0.1) is 16.9 Å². The third kappa shape index (κ3) is 3.16. The van der Waals surface area contributed by atoms with Crippen LogP contribution in [0.5, 0.6) is 0 Å². The highest BCUT2D eigenvalue weighted by Crippen LogP contribution is 2.60. The SMILES string of the molecule is O=C(OCCN1CCS(=O)(=O)CC1)C12CC3CC(CC(C3)C1)C2. The Kier molecular flexibility index (Phi) is 3.95. The number of carbonyl (C=O) groups excluding carboxylic acids is 1. The maximum atomic E-state index is 12.7. The molecule has 130 valence electrons. The van der Waals surface area contributed by atoms with Gasteiger partial charge in [0.1, 0.15) is 6.61 Å². The van der Waals surface area contributed by atoms with Gasteiger partial charge in [0, 0.05) is 19.6 Å². The maximum absolute atomic E-state index is 12.7. The van der Waals surface area contributed by atoms with Crippen molar-refractivity contribution in [1.82, 2.24) is 4.90 Å². The summed E-state index contributed by atoms with van der Waals surface area (Å²) in [5.74, 6) is 2.75. The van der Waals surface area contributed by atoms with E-state index >= 15 is 0 Å². The molecule has 0 aromatic rings. The van der Waals surface area contributed by atoms with E-state index in [1.54, 1.807) is 0 Å². The van der Waals surface area contributed by atoms with Gasteiger partial charge in [0.25, 0.3) is 0 Å². The number of hydrogen-bond donors (Lipinski definition) is 0. The third-order valence-electron chi connectivity index (χ3n) is 6.55. The number of carbonyl (C=O) groups is 1. The average Bonchev–Trinajstić information content (AvgIpc) is 2.47. The summed E-state index contributed by atoms with van der Waals surface area (Å²) in [6, 6.07) is 0. The van der Waals surface area contributed by atoms with Gasteiger partial charge in [-0.2, -0.15) is 0 Å². The quantitative estimate of drug-likeness (QED) is 0.725. The monoisotopic (exact) mass is 341 g/mol. The summed E-state index contributed by atoms with van der Waals surface area (Å²) in [4.78, 5) is 14.8. The van der Waals surface area contributed by atoms with Crippen LogP contribution in [0.3, 0.4) is 0 Å². The standard InChI is InChI=1S/C17H27NO4S/c19-16(22-4-1-18-2-5-23(20,21)6-3-18)17-10-13-7-14(11-17)9-15(8-13)12-17/h13-15H,1-12H2. The normalized spacial score (nSPS) is 41.8.